The summed E-state index contributed by atoms with van der Waals surface area (Å²) in [5.74, 6) is 0.583. The molecule has 2 aromatic rings. The lowest BCUT2D eigenvalue weighted by molar-refractivity contribution is 0.256. The smallest absolute Gasteiger partial charge is 0.123 e. The average Bonchev–Trinajstić information content (AvgIpc) is 2.81. The van der Waals surface area contributed by atoms with E-state index in [1.54, 1.807) is 17.5 Å². The van der Waals surface area contributed by atoms with Crippen LogP contribution in [0.15, 0.2) is 35.8 Å². The first-order valence-corrected chi connectivity index (χ1v) is 6.49. The fraction of sp³-hybridized carbons (Fsp3) is 0.308. The maximum atomic E-state index is 5.68. The summed E-state index contributed by atoms with van der Waals surface area (Å²) in [4.78, 5) is 7.69. The summed E-state index contributed by atoms with van der Waals surface area (Å²) < 4.78 is 0. The van der Waals surface area contributed by atoms with E-state index in [9.17, 15) is 0 Å². The molecule has 2 N–H and O–H groups in total. The number of rotatable bonds is 4. The van der Waals surface area contributed by atoms with Crippen molar-refractivity contribution in [3.8, 4) is 0 Å². The second-order valence-corrected chi connectivity index (χ2v) is 5.17. The van der Waals surface area contributed by atoms with Gasteiger partial charge in [0.15, 0.2) is 0 Å². The normalized spacial score (nSPS) is 12.9. The Balaban J connectivity index is 2.04. The lowest BCUT2D eigenvalue weighted by Gasteiger charge is -2.23. The van der Waals surface area contributed by atoms with Gasteiger partial charge in [0.25, 0.3) is 0 Å². The highest BCUT2D eigenvalue weighted by Crippen LogP contribution is 2.24. The van der Waals surface area contributed by atoms with E-state index in [0.717, 1.165) is 6.54 Å². The van der Waals surface area contributed by atoms with Gasteiger partial charge in [-0.25, -0.2) is 4.98 Å². The molecule has 0 saturated heterocycles. The molecular weight excluding hydrogens is 230 g/mol. The van der Waals surface area contributed by atoms with E-state index < -0.39 is 0 Å². The minimum atomic E-state index is 0.421. The molecule has 0 aliphatic carbocycles. The van der Waals surface area contributed by atoms with Crippen LogP contribution >= 0.6 is 11.3 Å². The van der Waals surface area contributed by atoms with Gasteiger partial charge in [0.05, 0.1) is 0 Å². The van der Waals surface area contributed by atoms with Gasteiger partial charge < -0.3 is 5.73 Å². The van der Waals surface area contributed by atoms with Crippen molar-refractivity contribution in [1.29, 1.82) is 0 Å². The first-order chi connectivity index (χ1) is 8.16. The topological polar surface area (TPSA) is 42.2 Å². The molecule has 0 saturated carbocycles. The summed E-state index contributed by atoms with van der Waals surface area (Å²) in [7, 11) is 2.13. The third-order valence-electron chi connectivity index (χ3n) is 2.89. The summed E-state index contributed by atoms with van der Waals surface area (Å²) in [5.41, 5.74) is 6.88. The summed E-state index contributed by atoms with van der Waals surface area (Å²) in [6, 6.07) is 8.62. The van der Waals surface area contributed by atoms with Crippen molar-refractivity contribution in [3.63, 3.8) is 0 Å². The monoisotopic (exact) mass is 247 g/mol. The Morgan fingerprint density at radius 1 is 1.47 bits per heavy atom. The molecule has 2 heterocycles. The van der Waals surface area contributed by atoms with Crippen LogP contribution in [0.4, 0.5) is 5.82 Å². The Morgan fingerprint density at radius 3 is 2.94 bits per heavy atom. The number of nitrogens with zero attached hydrogens (tertiary/aromatic N) is 2. The van der Waals surface area contributed by atoms with Gasteiger partial charge in [-0.15, -0.1) is 11.3 Å². The molecule has 0 radical (unpaired) electrons. The molecule has 17 heavy (non-hydrogen) atoms. The van der Waals surface area contributed by atoms with Gasteiger partial charge in [-0.05, 0) is 43.1 Å². The summed E-state index contributed by atoms with van der Waals surface area (Å²) in [5, 5.41) is 2.12. The third-order valence-corrected chi connectivity index (χ3v) is 3.94. The van der Waals surface area contributed by atoms with Gasteiger partial charge in [-0.2, -0.15) is 0 Å². The van der Waals surface area contributed by atoms with Crippen molar-refractivity contribution < 1.29 is 0 Å². The SMILES string of the molecule is CC(c1cccs1)N(C)Cc1ccnc(N)c1. The Bertz CT molecular complexity index is 467. The van der Waals surface area contributed by atoms with Crippen LogP contribution in [0, 0.1) is 0 Å². The number of thiophene rings is 1. The first-order valence-electron chi connectivity index (χ1n) is 5.61. The largest absolute Gasteiger partial charge is 0.384 e. The number of aromatic nitrogens is 1. The van der Waals surface area contributed by atoms with Crippen molar-refractivity contribution >= 4 is 17.2 Å². The predicted molar refractivity (Wildman–Crippen MR) is 72.9 cm³/mol. The van der Waals surface area contributed by atoms with E-state index in [-0.39, 0.29) is 0 Å². The van der Waals surface area contributed by atoms with Gasteiger partial charge in [0.1, 0.15) is 5.82 Å². The zero-order chi connectivity index (χ0) is 12.3. The molecule has 4 heteroatoms. The maximum absolute atomic E-state index is 5.68. The molecule has 0 aliphatic rings. The first kappa shape index (κ1) is 12.1. The Labute approximate surface area is 106 Å². The fourth-order valence-electron chi connectivity index (χ4n) is 1.76. The molecule has 0 aromatic carbocycles. The number of nitrogen functional groups attached to an aromatic ring is 1. The van der Waals surface area contributed by atoms with Crippen LogP contribution in [0.25, 0.3) is 0 Å². The zero-order valence-electron chi connectivity index (χ0n) is 10.1. The van der Waals surface area contributed by atoms with Gasteiger partial charge in [0.2, 0.25) is 0 Å². The minimum absolute atomic E-state index is 0.421. The molecule has 0 spiro atoms. The minimum Gasteiger partial charge on any atom is -0.384 e. The van der Waals surface area contributed by atoms with E-state index >= 15 is 0 Å². The fourth-order valence-corrected chi connectivity index (χ4v) is 2.61. The van der Waals surface area contributed by atoms with Gasteiger partial charge >= 0.3 is 0 Å². The van der Waals surface area contributed by atoms with Crippen LogP contribution < -0.4 is 5.73 Å². The molecule has 0 amide bonds. The number of hydrogen-bond acceptors (Lipinski definition) is 4. The van der Waals surface area contributed by atoms with Crippen molar-refractivity contribution in [1.82, 2.24) is 9.88 Å². The van der Waals surface area contributed by atoms with Crippen LogP contribution in [0.5, 0.6) is 0 Å². The van der Waals surface area contributed by atoms with Crippen molar-refractivity contribution in [2.24, 2.45) is 0 Å². The lowest BCUT2D eigenvalue weighted by Crippen LogP contribution is -2.21. The van der Waals surface area contributed by atoms with Crippen LogP contribution in [0.1, 0.15) is 23.4 Å². The Kier molecular flexibility index (Phi) is 3.76. The van der Waals surface area contributed by atoms with E-state index in [1.807, 2.05) is 12.1 Å². The summed E-state index contributed by atoms with van der Waals surface area (Å²) in [6.07, 6.45) is 1.76. The summed E-state index contributed by atoms with van der Waals surface area (Å²) >= 11 is 1.79. The molecule has 0 bridgehead atoms. The van der Waals surface area contributed by atoms with Crippen LogP contribution in [0.2, 0.25) is 0 Å². The van der Waals surface area contributed by atoms with E-state index in [0.29, 0.717) is 11.9 Å². The quantitative estimate of drug-likeness (QED) is 0.903. The van der Waals surface area contributed by atoms with Crippen LogP contribution in [-0.4, -0.2) is 16.9 Å². The highest BCUT2D eigenvalue weighted by molar-refractivity contribution is 7.10. The molecule has 0 aliphatic heterocycles. The van der Waals surface area contributed by atoms with Crippen LogP contribution in [-0.2, 0) is 6.54 Å². The lowest BCUT2D eigenvalue weighted by atomic mass is 10.2. The number of pyridine rings is 1. The van der Waals surface area contributed by atoms with E-state index in [4.69, 9.17) is 5.73 Å². The molecule has 0 fully saturated rings. The molecule has 1 unspecified atom stereocenters. The van der Waals surface area contributed by atoms with E-state index in [1.165, 1.54) is 10.4 Å². The second kappa shape index (κ2) is 5.29. The number of hydrogen-bond donors (Lipinski definition) is 1. The molecule has 1 atom stereocenters. The van der Waals surface area contributed by atoms with Crippen molar-refractivity contribution in [3.05, 3.63) is 46.3 Å². The zero-order valence-corrected chi connectivity index (χ0v) is 10.9. The molecule has 2 rings (SSSR count). The van der Waals surface area contributed by atoms with Gasteiger partial charge in [-0.3, -0.25) is 4.90 Å². The molecule has 3 nitrogen and oxygen atoms in total. The molecule has 90 valence electrons. The molecular formula is C13H17N3S. The second-order valence-electron chi connectivity index (χ2n) is 4.20. The average molecular weight is 247 g/mol. The van der Waals surface area contributed by atoms with Crippen molar-refractivity contribution in [2.45, 2.75) is 19.5 Å². The predicted octanol–water partition coefficient (Wildman–Crippen LogP) is 2.92. The highest BCUT2D eigenvalue weighted by Gasteiger charge is 2.12. The van der Waals surface area contributed by atoms with Gasteiger partial charge in [-0.1, -0.05) is 6.07 Å². The number of nitrogens with two attached hydrogens (primary N) is 1. The highest BCUT2D eigenvalue weighted by atomic mass is 32.1. The van der Waals surface area contributed by atoms with Crippen LogP contribution in [0.3, 0.4) is 0 Å². The standard InChI is InChI=1S/C13H17N3S/c1-10(12-4-3-7-17-12)16(2)9-11-5-6-15-13(14)8-11/h3-8,10H,9H2,1-2H3,(H2,14,15). The third kappa shape index (κ3) is 3.05. The Morgan fingerprint density at radius 2 is 2.29 bits per heavy atom. The molecule has 2 aromatic heterocycles. The summed E-state index contributed by atoms with van der Waals surface area (Å²) in [6.45, 7) is 3.10. The van der Waals surface area contributed by atoms with E-state index in [2.05, 4.69) is 41.4 Å². The number of anilines is 1. The maximum Gasteiger partial charge on any atom is 0.123 e. The van der Waals surface area contributed by atoms with Gasteiger partial charge in [0, 0.05) is 23.7 Å². The Hall–Kier alpha value is -1.39. The van der Waals surface area contributed by atoms with Crippen molar-refractivity contribution in [2.75, 3.05) is 12.8 Å².